The van der Waals surface area contributed by atoms with Crippen LogP contribution in [0.15, 0.2) is 57.8 Å². The minimum absolute atomic E-state index is 0. The number of carbonyl (C=O) groups excluding carboxylic acids is 2. The van der Waals surface area contributed by atoms with E-state index in [0.717, 1.165) is 24.2 Å². The summed E-state index contributed by atoms with van der Waals surface area (Å²) in [7, 11) is 3.37. The van der Waals surface area contributed by atoms with Crippen molar-refractivity contribution in [3.05, 3.63) is 47.9 Å². The molecule has 0 aliphatic heterocycles. The van der Waals surface area contributed by atoms with E-state index < -0.39 is 11.9 Å². The van der Waals surface area contributed by atoms with E-state index in [2.05, 4.69) is 9.98 Å². The quantitative estimate of drug-likeness (QED) is 0.339. The molecule has 0 aromatic heterocycles. The normalized spacial score (nSPS) is 15.0. The van der Waals surface area contributed by atoms with Gasteiger partial charge in [-0.2, -0.15) is 0 Å². The molecular weight excluding hydrogens is 419 g/mol. The Kier molecular flexibility index (Phi) is 12.3. The fourth-order valence-corrected chi connectivity index (χ4v) is 2.56. The van der Waals surface area contributed by atoms with E-state index in [0.29, 0.717) is 13.1 Å². The van der Waals surface area contributed by atoms with Crippen LogP contribution in [0.25, 0.3) is 0 Å². The van der Waals surface area contributed by atoms with Crippen LogP contribution in [0.3, 0.4) is 0 Å². The molecule has 0 atom stereocenters. The number of aliphatic carboxylic acids is 2. The van der Waals surface area contributed by atoms with Gasteiger partial charge >= 0.3 is 16.5 Å². The van der Waals surface area contributed by atoms with E-state index in [1.54, 1.807) is 37.7 Å². The van der Waals surface area contributed by atoms with Gasteiger partial charge in [-0.25, -0.2) is 0 Å². The third-order valence-corrected chi connectivity index (χ3v) is 3.98. The molecule has 0 heterocycles. The smallest absolute Gasteiger partial charge is 0.542 e. The van der Waals surface area contributed by atoms with Crippen molar-refractivity contribution < 1.29 is 36.3 Å². The van der Waals surface area contributed by atoms with Gasteiger partial charge in [-0.3, -0.25) is 9.98 Å². The standard InChI is InChI=1S/2C10H14N2O2.Ni/c2*1-3-11-9(10(13)14)12(2)8-6-4-5-7-8;/h2*4-6H,3,7H2,1-2H3,(H,13,14);/q;;+2/p-2. The Morgan fingerprint density at radius 1 is 0.862 bits per heavy atom. The van der Waals surface area contributed by atoms with E-state index in [-0.39, 0.29) is 28.2 Å². The molecule has 0 fully saturated rings. The first-order valence-electron chi connectivity index (χ1n) is 9.03. The van der Waals surface area contributed by atoms with Crippen molar-refractivity contribution in [3.8, 4) is 0 Å². The average molecular weight is 445 g/mol. The molecule has 2 rings (SSSR count). The Balaban J connectivity index is 0.000000523. The number of hydrogen-bond acceptors (Lipinski definition) is 6. The zero-order valence-electron chi connectivity index (χ0n) is 17.0. The molecule has 9 heteroatoms. The molecule has 8 nitrogen and oxygen atoms in total. The van der Waals surface area contributed by atoms with Crippen LogP contribution in [-0.2, 0) is 26.1 Å². The van der Waals surface area contributed by atoms with Gasteiger partial charge in [0.05, 0.1) is 0 Å². The number of amidine groups is 2. The number of rotatable bonds is 4. The first-order valence-corrected chi connectivity index (χ1v) is 9.03. The summed E-state index contributed by atoms with van der Waals surface area (Å²) in [5, 5.41) is 21.5. The second-order valence-electron chi connectivity index (χ2n) is 5.87. The van der Waals surface area contributed by atoms with Crippen molar-refractivity contribution in [2.75, 3.05) is 27.2 Å². The molecule has 2 aliphatic carbocycles. The van der Waals surface area contributed by atoms with Gasteiger partial charge in [0, 0.05) is 51.4 Å². The van der Waals surface area contributed by atoms with E-state index in [9.17, 15) is 19.8 Å². The van der Waals surface area contributed by atoms with Gasteiger partial charge < -0.3 is 29.6 Å². The Labute approximate surface area is 181 Å². The van der Waals surface area contributed by atoms with Crippen LogP contribution in [0.1, 0.15) is 26.7 Å². The number of allylic oxidation sites excluding steroid dienone is 6. The molecule has 0 N–H and O–H groups in total. The topological polar surface area (TPSA) is 111 Å². The molecule has 0 aromatic carbocycles. The van der Waals surface area contributed by atoms with Gasteiger partial charge in [0.15, 0.2) is 11.7 Å². The van der Waals surface area contributed by atoms with Crippen molar-refractivity contribution in [3.63, 3.8) is 0 Å². The van der Waals surface area contributed by atoms with Crippen molar-refractivity contribution in [1.29, 1.82) is 0 Å². The van der Waals surface area contributed by atoms with Crippen LogP contribution in [0.4, 0.5) is 0 Å². The van der Waals surface area contributed by atoms with E-state index in [1.165, 1.54) is 0 Å². The predicted molar refractivity (Wildman–Crippen MR) is 105 cm³/mol. The summed E-state index contributed by atoms with van der Waals surface area (Å²) in [6.07, 6.45) is 12.9. The van der Waals surface area contributed by atoms with Gasteiger partial charge in [-0.1, -0.05) is 24.3 Å². The summed E-state index contributed by atoms with van der Waals surface area (Å²) in [4.78, 5) is 32.4. The van der Waals surface area contributed by atoms with Gasteiger partial charge in [-0.05, 0) is 26.0 Å². The summed E-state index contributed by atoms with van der Waals surface area (Å²) in [6, 6.07) is 0. The Hall–Kier alpha value is -2.67. The van der Waals surface area contributed by atoms with Crippen LogP contribution < -0.4 is 10.2 Å². The maximum Gasteiger partial charge on any atom is 2.00 e. The second-order valence-corrected chi connectivity index (χ2v) is 5.87. The van der Waals surface area contributed by atoms with Crippen molar-refractivity contribution >= 4 is 23.6 Å². The van der Waals surface area contributed by atoms with Crippen LogP contribution >= 0.6 is 0 Å². The van der Waals surface area contributed by atoms with E-state index in [4.69, 9.17) is 0 Å². The minimum atomic E-state index is -1.23. The summed E-state index contributed by atoms with van der Waals surface area (Å²) in [5.74, 6) is -2.49. The van der Waals surface area contributed by atoms with Crippen LogP contribution in [0, 0.1) is 0 Å². The molecule has 0 amide bonds. The zero-order valence-corrected chi connectivity index (χ0v) is 18.0. The Morgan fingerprint density at radius 3 is 1.41 bits per heavy atom. The fourth-order valence-electron chi connectivity index (χ4n) is 2.56. The number of carboxylic acids is 2. The number of aliphatic imine (C=N–C) groups is 2. The molecular formula is C20H26N4NiO4. The molecule has 0 aromatic rings. The number of carboxylic acid groups (broad SMARTS) is 2. The van der Waals surface area contributed by atoms with Gasteiger partial charge in [0.2, 0.25) is 0 Å². The molecule has 29 heavy (non-hydrogen) atoms. The van der Waals surface area contributed by atoms with Gasteiger partial charge in [-0.15, -0.1) is 0 Å². The van der Waals surface area contributed by atoms with Crippen LogP contribution in [0.5, 0.6) is 0 Å². The maximum atomic E-state index is 10.8. The predicted octanol–water partition coefficient (Wildman–Crippen LogP) is -0.142. The maximum absolute atomic E-state index is 10.8. The third kappa shape index (κ3) is 8.07. The zero-order chi connectivity index (χ0) is 21.1. The molecule has 160 valence electrons. The second kappa shape index (κ2) is 13.5. The Bertz CT molecular complexity index is 702. The molecule has 0 radical (unpaired) electrons. The van der Waals surface area contributed by atoms with Crippen molar-refractivity contribution in [2.24, 2.45) is 9.98 Å². The molecule has 0 spiro atoms. The molecule has 0 unspecified atom stereocenters. The monoisotopic (exact) mass is 444 g/mol. The minimum Gasteiger partial charge on any atom is -0.542 e. The number of nitrogens with zero attached hydrogens (tertiary/aromatic N) is 4. The molecule has 0 saturated carbocycles. The van der Waals surface area contributed by atoms with Gasteiger partial charge in [0.25, 0.3) is 0 Å². The average Bonchev–Trinajstić information content (AvgIpc) is 3.36. The summed E-state index contributed by atoms with van der Waals surface area (Å²) < 4.78 is 0. The number of carbonyl (C=O) groups is 2. The molecule has 2 aliphatic rings. The van der Waals surface area contributed by atoms with E-state index in [1.807, 2.05) is 36.5 Å². The van der Waals surface area contributed by atoms with Crippen LogP contribution in [0.2, 0.25) is 0 Å². The van der Waals surface area contributed by atoms with Gasteiger partial charge in [0.1, 0.15) is 11.9 Å². The first kappa shape index (κ1) is 26.3. The SMILES string of the molecule is CCN=C(C(=O)[O-])N(C)C1=CC=CC1.CCN=C(C(=O)[O-])N(C)C1=CC=CC1.[Ni+2]. The summed E-state index contributed by atoms with van der Waals surface area (Å²) in [6.45, 7) is 4.46. The fraction of sp³-hybridized carbons (Fsp3) is 0.400. The first-order chi connectivity index (χ1) is 13.3. The summed E-state index contributed by atoms with van der Waals surface area (Å²) in [5.41, 5.74) is 1.84. The largest absolute Gasteiger partial charge is 2.00 e. The van der Waals surface area contributed by atoms with E-state index >= 15 is 0 Å². The number of likely N-dealkylation sites (N-methyl/N-ethyl adjacent to an activating group) is 2. The summed E-state index contributed by atoms with van der Waals surface area (Å²) >= 11 is 0. The van der Waals surface area contributed by atoms with Crippen molar-refractivity contribution in [2.45, 2.75) is 26.7 Å². The Morgan fingerprint density at radius 2 is 1.21 bits per heavy atom. The molecule has 0 saturated heterocycles. The van der Waals surface area contributed by atoms with Crippen molar-refractivity contribution in [1.82, 2.24) is 9.80 Å². The third-order valence-electron chi connectivity index (χ3n) is 3.98. The van der Waals surface area contributed by atoms with Crippen LogP contribution in [-0.4, -0.2) is 60.6 Å². The molecule has 0 bridgehead atoms. The number of hydrogen-bond donors (Lipinski definition) is 0.